The van der Waals surface area contributed by atoms with Gasteiger partial charge in [-0.1, -0.05) is 97.1 Å². The predicted molar refractivity (Wildman–Crippen MR) is 194 cm³/mol. The van der Waals surface area contributed by atoms with E-state index in [2.05, 4.69) is 179 Å². The second-order valence-corrected chi connectivity index (χ2v) is 12.5. The lowest BCUT2D eigenvalue weighted by atomic mass is 10.0. The van der Waals surface area contributed by atoms with Crippen LogP contribution in [0.1, 0.15) is 0 Å². The van der Waals surface area contributed by atoms with Crippen LogP contribution in [0.2, 0.25) is 0 Å². The average Bonchev–Trinajstić information content (AvgIpc) is 3.65. The highest BCUT2D eigenvalue weighted by molar-refractivity contribution is 7.25. The molecule has 0 spiro atoms. The zero-order chi connectivity index (χ0) is 29.7. The summed E-state index contributed by atoms with van der Waals surface area (Å²) in [6.45, 7) is 0. The quantitative estimate of drug-likeness (QED) is 0.193. The summed E-state index contributed by atoms with van der Waals surface area (Å²) in [4.78, 5) is 2.35. The maximum absolute atomic E-state index is 2.36. The molecule has 0 atom stereocenters. The van der Waals surface area contributed by atoms with Crippen LogP contribution in [-0.4, -0.2) is 4.57 Å². The van der Waals surface area contributed by atoms with Crippen molar-refractivity contribution in [1.82, 2.24) is 4.57 Å². The molecule has 0 radical (unpaired) electrons. The molecular formula is C42H28N2S. The highest BCUT2D eigenvalue weighted by Gasteiger charge is 2.15. The zero-order valence-electron chi connectivity index (χ0n) is 24.5. The third-order valence-corrected chi connectivity index (χ3v) is 9.95. The van der Waals surface area contributed by atoms with Gasteiger partial charge in [-0.2, -0.15) is 0 Å². The first-order valence-electron chi connectivity index (χ1n) is 15.3. The zero-order valence-corrected chi connectivity index (χ0v) is 25.3. The maximum Gasteiger partial charge on any atom is 0.0541 e. The fourth-order valence-electron chi connectivity index (χ4n) is 6.68. The fourth-order valence-corrected chi connectivity index (χ4v) is 7.77. The Bertz CT molecular complexity index is 2420. The highest BCUT2D eigenvalue weighted by atomic mass is 32.1. The van der Waals surface area contributed by atoms with Crippen LogP contribution < -0.4 is 4.90 Å². The Hall–Kier alpha value is -5.64. The Labute approximate surface area is 265 Å². The van der Waals surface area contributed by atoms with Crippen LogP contribution in [-0.2, 0) is 0 Å². The first kappa shape index (κ1) is 25.8. The normalized spacial score (nSPS) is 11.6. The van der Waals surface area contributed by atoms with E-state index in [-0.39, 0.29) is 0 Å². The molecule has 3 heteroatoms. The van der Waals surface area contributed by atoms with E-state index in [1.165, 1.54) is 58.8 Å². The van der Waals surface area contributed by atoms with E-state index in [4.69, 9.17) is 0 Å². The number of hydrogen-bond acceptors (Lipinski definition) is 2. The SMILES string of the molecule is c1ccc(N(c2ccc(-c3ccc(-n4c5ccccc5c5ccccc54)cc3)cc2)c2ccc3sc4ccccc4c3c2)cc1. The second kappa shape index (κ2) is 10.5. The van der Waals surface area contributed by atoms with Crippen molar-refractivity contribution in [2.45, 2.75) is 0 Å². The molecule has 9 aromatic rings. The summed E-state index contributed by atoms with van der Waals surface area (Å²) in [5.41, 5.74) is 9.43. The number of aromatic nitrogens is 1. The van der Waals surface area contributed by atoms with Crippen molar-refractivity contribution >= 4 is 70.4 Å². The summed E-state index contributed by atoms with van der Waals surface area (Å²) in [6, 6.07) is 61.4. The van der Waals surface area contributed by atoms with Crippen molar-refractivity contribution in [3.05, 3.63) is 170 Å². The molecule has 0 unspecified atom stereocenters. The molecule has 2 heterocycles. The second-order valence-electron chi connectivity index (χ2n) is 11.4. The van der Waals surface area contributed by atoms with Gasteiger partial charge in [0.25, 0.3) is 0 Å². The lowest BCUT2D eigenvalue weighted by Gasteiger charge is -2.26. The minimum atomic E-state index is 1.13. The van der Waals surface area contributed by atoms with Crippen molar-refractivity contribution in [1.29, 1.82) is 0 Å². The molecule has 0 aliphatic heterocycles. The van der Waals surface area contributed by atoms with Crippen LogP contribution in [0.5, 0.6) is 0 Å². The van der Waals surface area contributed by atoms with Crippen LogP contribution in [0, 0.1) is 0 Å². The van der Waals surface area contributed by atoms with Crippen LogP contribution in [0.15, 0.2) is 170 Å². The van der Waals surface area contributed by atoms with Crippen molar-refractivity contribution < 1.29 is 0 Å². The van der Waals surface area contributed by atoms with Gasteiger partial charge in [0.1, 0.15) is 0 Å². The summed E-state index contributed by atoms with van der Waals surface area (Å²) < 4.78 is 5.00. The minimum absolute atomic E-state index is 1.13. The lowest BCUT2D eigenvalue weighted by molar-refractivity contribution is 1.18. The molecule has 7 aromatic carbocycles. The molecule has 212 valence electrons. The summed E-state index contributed by atoms with van der Waals surface area (Å²) in [5, 5.41) is 5.17. The summed E-state index contributed by atoms with van der Waals surface area (Å²) in [5.74, 6) is 0. The predicted octanol–water partition coefficient (Wildman–Crippen LogP) is 12.3. The molecule has 45 heavy (non-hydrogen) atoms. The van der Waals surface area contributed by atoms with Gasteiger partial charge < -0.3 is 9.47 Å². The van der Waals surface area contributed by atoms with Gasteiger partial charge in [0.05, 0.1) is 11.0 Å². The van der Waals surface area contributed by atoms with Crippen molar-refractivity contribution in [2.75, 3.05) is 4.90 Å². The molecule has 0 bridgehead atoms. The molecule has 9 rings (SSSR count). The average molecular weight is 593 g/mol. The number of rotatable bonds is 5. The topological polar surface area (TPSA) is 8.17 Å². The van der Waals surface area contributed by atoms with Crippen molar-refractivity contribution in [3.63, 3.8) is 0 Å². The minimum Gasteiger partial charge on any atom is -0.310 e. The Kier molecular flexibility index (Phi) is 6.03. The van der Waals surface area contributed by atoms with E-state index >= 15 is 0 Å². The Morgan fingerprint density at radius 1 is 0.378 bits per heavy atom. The first-order chi connectivity index (χ1) is 22.3. The Balaban J connectivity index is 1.09. The number of benzene rings is 7. The van der Waals surface area contributed by atoms with E-state index in [9.17, 15) is 0 Å². The van der Waals surface area contributed by atoms with Gasteiger partial charge in [-0.15, -0.1) is 11.3 Å². The maximum atomic E-state index is 2.36. The molecule has 0 aliphatic rings. The molecule has 2 aromatic heterocycles. The third kappa shape index (κ3) is 4.32. The molecule has 0 amide bonds. The number of para-hydroxylation sites is 3. The third-order valence-electron chi connectivity index (χ3n) is 8.80. The number of hydrogen-bond donors (Lipinski definition) is 0. The molecule has 0 saturated heterocycles. The van der Waals surface area contributed by atoms with Gasteiger partial charge in [-0.05, 0) is 83.9 Å². The van der Waals surface area contributed by atoms with Gasteiger partial charge in [0.15, 0.2) is 0 Å². The van der Waals surface area contributed by atoms with Gasteiger partial charge in [0, 0.05) is 53.7 Å². The molecule has 0 aliphatic carbocycles. The number of fused-ring (bicyclic) bond motifs is 6. The van der Waals surface area contributed by atoms with Crippen LogP contribution in [0.3, 0.4) is 0 Å². The smallest absolute Gasteiger partial charge is 0.0541 e. The van der Waals surface area contributed by atoms with Gasteiger partial charge in [0.2, 0.25) is 0 Å². The van der Waals surface area contributed by atoms with E-state index in [1.807, 2.05) is 11.3 Å². The fraction of sp³-hybridized carbons (Fsp3) is 0. The molecular weight excluding hydrogens is 565 g/mol. The van der Waals surface area contributed by atoms with Gasteiger partial charge >= 0.3 is 0 Å². The van der Waals surface area contributed by atoms with Gasteiger partial charge in [-0.25, -0.2) is 0 Å². The summed E-state index contributed by atoms with van der Waals surface area (Å²) in [6.07, 6.45) is 0. The molecule has 0 N–H and O–H groups in total. The molecule has 0 saturated carbocycles. The standard InChI is InChI=1S/C42H28N2S/c1-2-10-31(11-3-1)43(34-26-27-42-38(28-34)37-14-6-9-17-41(37)45-42)32-22-18-29(19-23-32)30-20-24-33(25-21-30)44-39-15-7-4-12-35(39)36-13-5-8-16-40(36)44/h1-28H. The van der Waals surface area contributed by atoms with Crippen LogP contribution >= 0.6 is 11.3 Å². The Morgan fingerprint density at radius 3 is 1.58 bits per heavy atom. The van der Waals surface area contributed by atoms with Gasteiger partial charge in [-0.3, -0.25) is 0 Å². The van der Waals surface area contributed by atoms with Crippen LogP contribution in [0.25, 0.3) is 58.8 Å². The highest BCUT2D eigenvalue weighted by Crippen LogP contribution is 2.41. The molecule has 0 fully saturated rings. The monoisotopic (exact) mass is 592 g/mol. The number of thiophene rings is 1. The number of anilines is 3. The van der Waals surface area contributed by atoms with E-state index < -0.39 is 0 Å². The van der Waals surface area contributed by atoms with Crippen molar-refractivity contribution in [3.8, 4) is 16.8 Å². The van der Waals surface area contributed by atoms with E-state index in [0.29, 0.717) is 0 Å². The first-order valence-corrected chi connectivity index (χ1v) is 16.1. The largest absolute Gasteiger partial charge is 0.310 e. The molecule has 2 nitrogen and oxygen atoms in total. The lowest BCUT2D eigenvalue weighted by Crippen LogP contribution is -2.09. The Morgan fingerprint density at radius 2 is 0.889 bits per heavy atom. The summed E-state index contributed by atoms with van der Waals surface area (Å²) >= 11 is 1.85. The van der Waals surface area contributed by atoms with Crippen molar-refractivity contribution in [2.24, 2.45) is 0 Å². The van der Waals surface area contributed by atoms with E-state index in [0.717, 1.165) is 17.1 Å². The van der Waals surface area contributed by atoms with Crippen LogP contribution in [0.4, 0.5) is 17.1 Å². The number of nitrogens with zero attached hydrogens (tertiary/aromatic N) is 2. The van der Waals surface area contributed by atoms with E-state index in [1.54, 1.807) is 0 Å². The summed E-state index contributed by atoms with van der Waals surface area (Å²) in [7, 11) is 0.